The number of aryl methyl sites for hydroxylation is 2. The fourth-order valence-corrected chi connectivity index (χ4v) is 3.39. The predicted octanol–water partition coefficient (Wildman–Crippen LogP) is 3.10. The highest BCUT2D eigenvalue weighted by atomic mass is 16.1. The van der Waals surface area contributed by atoms with Gasteiger partial charge in [-0.3, -0.25) is 4.79 Å². The van der Waals surface area contributed by atoms with Crippen molar-refractivity contribution in [3.8, 4) is 5.69 Å². The van der Waals surface area contributed by atoms with Crippen LogP contribution in [-0.4, -0.2) is 35.2 Å². The van der Waals surface area contributed by atoms with Crippen LogP contribution in [0.4, 0.5) is 0 Å². The zero-order valence-corrected chi connectivity index (χ0v) is 18.6. The molecule has 31 heavy (non-hydrogen) atoms. The number of hydrogen-bond acceptors (Lipinski definition) is 3. The minimum atomic E-state index is -0.100. The van der Waals surface area contributed by atoms with Crippen molar-refractivity contribution in [1.82, 2.24) is 25.7 Å². The molecule has 0 unspecified atom stereocenters. The fourth-order valence-electron chi connectivity index (χ4n) is 3.39. The van der Waals surface area contributed by atoms with Crippen LogP contribution in [-0.2, 0) is 13.1 Å². The average Bonchev–Trinajstić information content (AvgIpc) is 3.13. The minimum absolute atomic E-state index is 0.100. The number of aromatic nitrogens is 2. The van der Waals surface area contributed by atoms with Crippen LogP contribution >= 0.6 is 0 Å². The Morgan fingerprint density at radius 1 is 1.06 bits per heavy atom. The number of nitrogens with zero attached hydrogens (tertiary/aromatic N) is 3. The first-order valence-electron chi connectivity index (χ1n) is 10.5. The minimum Gasteiger partial charge on any atom is -0.357 e. The lowest BCUT2D eigenvalue weighted by Gasteiger charge is -2.15. The highest BCUT2D eigenvalue weighted by Gasteiger charge is 2.09. The maximum atomic E-state index is 11.9. The van der Waals surface area contributed by atoms with Crippen LogP contribution in [0, 0.1) is 13.8 Å². The van der Waals surface area contributed by atoms with Gasteiger partial charge in [0, 0.05) is 31.4 Å². The van der Waals surface area contributed by atoms with E-state index in [4.69, 9.17) is 0 Å². The van der Waals surface area contributed by atoms with Gasteiger partial charge in [0.2, 0.25) is 0 Å². The molecular weight excluding hydrogens is 388 g/mol. The summed E-state index contributed by atoms with van der Waals surface area (Å²) in [6.45, 7) is 7.93. The van der Waals surface area contributed by atoms with E-state index >= 15 is 0 Å². The fraction of sp³-hybridized carbons (Fsp3) is 0.292. The van der Waals surface area contributed by atoms with Crippen molar-refractivity contribution < 1.29 is 4.79 Å². The van der Waals surface area contributed by atoms with Crippen LogP contribution in [0.1, 0.15) is 39.8 Å². The molecule has 162 valence electrons. The molecule has 1 heterocycles. The summed E-state index contributed by atoms with van der Waals surface area (Å²) >= 11 is 0. The summed E-state index contributed by atoms with van der Waals surface area (Å²) in [6.07, 6.45) is 0. The zero-order valence-electron chi connectivity index (χ0n) is 18.6. The van der Waals surface area contributed by atoms with Crippen molar-refractivity contribution in [2.24, 2.45) is 4.99 Å². The first-order chi connectivity index (χ1) is 15.0. The smallest absolute Gasteiger partial charge is 0.251 e. The Labute approximate surface area is 183 Å². The molecule has 0 aliphatic rings. The van der Waals surface area contributed by atoms with E-state index in [0.29, 0.717) is 18.7 Å². The van der Waals surface area contributed by atoms with Crippen LogP contribution in [0.25, 0.3) is 5.69 Å². The van der Waals surface area contributed by atoms with Crippen LogP contribution in [0.5, 0.6) is 0 Å². The molecule has 0 saturated carbocycles. The molecule has 3 aromatic rings. The highest BCUT2D eigenvalue weighted by Crippen LogP contribution is 2.17. The lowest BCUT2D eigenvalue weighted by Crippen LogP contribution is -2.37. The monoisotopic (exact) mass is 418 g/mol. The maximum Gasteiger partial charge on any atom is 0.251 e. The number of aliphatic imine (C=N–C) groups is 1. The topological polar surface area (TPSA) is 83.3 Å². The van der Waals surface area contributed by atoms with Crippen LogP contribution in [0.3, 0.4) is 0 Å². The van der Waals surface area contributed by atoms with Crippen LogP contribution in [0.15, 0.2) is 59.6 Å². The van der Waals surface area contributed by atoms with Gasteiger partial charge in [0.05, 0.1) is 17.9 Å². The van der Waals surface area contributed by atoms with Gasteiger partial charge in [-0.05, 0) is 56.2 Å². The van der Waals surface area contributed by atoms with Gasteiger partial charge >= 0.3 is 0 Å². The molecule has 0 aliphatic heterocycles. The second-order valence-electron chi connectivity index (χ2n) is 7.30. The standard InChI is InChI=1S/C24H30N6O/c1-5-26-24(27-15-19-9-8-11-20(14-19)23(31)25-4)28-16-21-10-6-7-12-22(21)30-18(3)13-17(2)29-30/h6-14H,5,15-16H2,1-4H3,(H,25,31)(H2,26,27,28). The van der Waals surface area contributed by atoms with E-state index in [1.165, 1.54) is 0 Å². The van der Waals surface area contributed by atoms with Gasteiger partial charge in [0.15, 0.2) is 5.96 Å². The van der Waals surface area contributed by atoms with Gasteiger partial charge in [-0.25, -0.2) is 9.67 Å². The number of rotatable bonds is 7. The molecule has 0 atom stereocenters. The summed E-state index contributed by atoms with van der Waals surface area (Å²) < 4.78 is 1.97. The summed E-state index contributed by atoms with van der Waals surface area (Å²) in [5.41, 5.74) is 5.87. The Hall–Kier alpha value is -3.61. The lowest BCUT2D eigenvalue weighted by atomic mass is 10.1. The zero-order chi connectivity index (χ0) is 22.2. The molecule has 0 aliphatic carbocycles. The number of para-hydroxylation sites is 1. The normalized spacial score (nSPS) is 11.3. The summed E-state index contributed by atoms with van der Waals surface area (Å²) in [7, 11) is 1.63. The molecular formula is C24H30N6O. The van der Waals surface area contributed by atoms with Crippen LogP contribution < -0.4 is 16.0 Å². The summed E-state index contributed by atoms with van der Waals surface area (Å²) in [6, 6.07) is 17.8. The molecule has 1 amide bonds. The molecule has 3 N–H and O–H groups in total. The third-order valence-corrected chi connectivity index (χ3v) is 4.86. The highest BCUT2D eigenvalue weighted by molar-refractivity contribution is 5.94. The van der Waals surface area contributed by atoms with Crippen molar-refractivity contribution in [2.45, 2.75) is 33.9 Å². The summed E-state index contributed by atoms with van der Waals surface area (Å²) in [5, 5.41) is 14.0. The van der Waals surface area contributed by atoms with E-state index in [9.17, 15) is 4.79 Å². The van der Waals surface area contributed by atoms with E-state index in [1.54, 1.807) is 13.1 Å². The Morgan fingerprint density at radius 2 is 1.87 bits per heavy atom. The second-order valence-corrected chi connectivity index (χ2v) is 7.30. The van der Waals surface area contributed by atoms with Gasteiger partial charge in [0.1, 0.15) is 0 Å². The molecule has 1 aromatic heterocycles. The van der Waals surface area contributed by atoms with E-state index in [2.05, 4.69) is 51.2 Å². The van der Waals surface area contributed by atoms with E-state index in [-0.39, 0.29) is 5.91 Å². The number of carbonyl (C=O) groups excluding carboxylic acids is 1. The second kappa shape index (κ2) is 10.4. The van der Waals surface area contributed by atoms with Gasteiger partial charge in [-0.2, -0.15) is 5.10 Å². The number of benzene rings is 2. The lowest BCUT2D eigenvalue weighted by molar-refractivity contribution is 0.0963. The SMILES string of the molecule is CCNC(=NCc1cccc(C(=O)NC)c1)NCc1ccccc1-n1nc(C)cc1C. The van der Waals surface area contributed by atoms with Crippen molar-refractivity contribution in [3.63, 3.8) is 0 Å². The number of nitrogens with one attached hydrogen (secondary N) is 3. The van der Waals surface area contributed by atoms with Crippen molar-refractivity contribution in [2.75, 3.05) is 13.6 Å². The van der Waals surface area contributed by atoms with Crippen molar-refractivity contribution in [1.29, 1.82) is 0 Å². The molecule has 3 rings (SSSR count). The van der Waals surface area contributed by atoms with Crippen molar-refractivity contribution in [3.05, 3.63) is 82.7 Å². The van der Waals surface area contributed by atoms with Gasteiger partial charge in [0.25, 0.3) is 5.91 Å². The predicted molar refractivity (Wildman–Crippen MR) is 125 cm³/mol. The van der Waals surface area contributed by atoms with E-state index in [0.717, 1.165) is 40.7 Å². The maximum absolute atomic E-state index is 11.9. The number of hydrogen-bond donors (Lipinski definition) is 3. The quantitative estimate of drug-likeness (QED) is 0.407. The number of carbonyl (C=O) groups is 1. The molecule has 7 heteroatoms. The molecule has 0 fully saturated rings. The number of amides is 1. The summed E-state index contributed by atoms with van der Waals surface area (Å²) in [5.74, 6) is 0.618. The van der Waals surface area contributed by atoms with Gasteiger partial charge < -0.3 is 16.0 Å². The Morgan fingerprint density at radius 3 is 2.58 bits per heavy atom. The van der Waals surface area contributed by atoms with E-state index in [1.807, 2.05) is 48.9 Å². The first-order valence-corrected chi connectivity index (χ1v) is 10.5. The largest absolute Gasteiger partial charge is 0.357 e. The third-order valence-electron chi connectivity index (χ3n) is 4.86. The molecule has 0 saturated heterocycles. The molecule has 2 aromatic carbocycles. The molecule has 0 radical (unpaired) electrons. The van der Waals surface area contributed by atoms with E-state index < -0.39 is 0 Å². The molecule has 0 spiro atoms. The van der Waals surface area contributed by atoms with Crippen LogP contribution in [0.2, 0.25) is 0 Å². The molecule has 7 nitrogen and oxygen atoms in total. The average molecular weight is 419 g/mol. The van der Waals surface area contributed by atoms with Gasteiger partial charge in [-0.1, -0.05) is 30.3 Å². The van der Waals surface area contributed by atoms with Gasteiger partial charge in [-0.15, -0.1) is 0 Å². The Kier molecular flexibility index (Phi) is 7.43. The Balaban J connectivity index is 1.75. The first kappa shape index (κ1) is 22.1. The number of guanidine groups is 1. The molecule has 0 bridgehead atoms. The Bertz CT molecular complexity index is 1070. The third kappa shape index (κ3) is 5.72. The summed E-state index contributed by atoms with van der Waals surface area (Å²) in [4.78, 5) is 16.6. The van der Waals surface area contributed by atoms with Crippen molar-refractivity contribution >= 4 is 11.9 Å².